The van der Waals surface area contributed by atoms with Gasteiger partial charge >= 0.3 is 0 Å². The van der Waals surface area contributed by atoms with Crippen LogP contribution < -0.4 is 0 Å². The van der Waals surface area contributed by atoms with Crippen molar-refractivity contribution in [2.75, 3.05) is 0 Å². The van der Waals surface area contributed by atoms with Crippen molar-refractivity contribution in [3.05, 3.63) is 44.4 Å². The summed E-state index contributed by atoms with van der Waals surface area (Å²) >= 11 is 18.3. The van der Waals surface area contributed by atoms with Gasteiger partial charge in [-0.15, -0.1) is 0 Å². The predicted molar refractivity (Wildman–Crippen MR) is 82.0 cm³/mol. The number of halogens is 2. The van der Waals surface area contributed by atoms with Gasteiger partial charge in [0, 0.05) is 21.7 Å². The highest BCUT2D eigenvalue weighted by Gasteiger charge is 2.12. The van der Waals surface area contributed by atoms with Crippen molar-refractivity contribution in [3.63, 3.8) is 0 Å². The first-order valence-corrected chi connectivity index (χ1v) is 7.24. The van der Waals surface area contributed by atoms with Crippen molar-refractivity contribution >= 4 is 57.0 Å². The third-order valence-electron chi connectivity index (χ3n) is 2.59. The number of fused-ring (bicyclic) bond motifs is 1. The molecule has 1 heterocycles. The lowest BCUT2D eigenvalue weighted by Crippen LogP contribution is -1.80. The minimum atomic E-state index is 0.144. The molecule has 1 aromatic heterocycles. The number of hydrogen-bond donors (Lipinski definition) is 1. The summed E-state index contributed by atoms with van der Waals surface area (Å²) in [5, 5.41) is 10.8. The van der Waals surface area contributed by atoms with Crippen LogP contribution in [0.15, 0.2) is 34.7 Å². The Labute approximate surface area is 127 Å². The van der Waals surface area contributed by atoms with E-state index in [0.29, 0.717) is 25.2 Å². The number of aromatic hydroxyl groups is 1. The fourth-order valence-electron chi connectivity index (χ4n) is 1.89. The fraction of sp³-hybridized carbons (Fsp3) is 0. The zero-order valence-corrected chi connectivity index (χ0v) is 12.5. The molecule has 3 rings (SSSR count). The second-order valence-corrected chi connectivity index (χ2v) is 6.45. The van der Waals surface area contributed by atoms with Crippen LogP contribution >= 0.6 is 46.8 Å². The molecule has 96 valence electrons. The van der Waals surface area contributed by atoms with Gasteiger partial charge in [0.2, 0.25) is 4.02 Å². The molecule has 0 bridgehead atoms. The molecular weight excluding hydrogens is 323 g/mol. The van der Waals surface area contributed by atoms with Gasteiger partial charge in [-0.25, -0.2) is 0 Å². The van der Waals surface area contributed by atoms with Gasteiger partial charge in [-0.1, -0.05) is 34.5 Å². The summed E-state index contributed by atoms with van der Waals surface area (Å²) in [4.78, 5) is 0. The van der Waals surface area contributed by atoms with E-state index in [2.05, 4.69) is 0 Å². The minimum absolute atomic E-state index is 0.144. The summed E-state index contributed by atoms with van der Waals surface area (Å²) in [7, 11) is 0. The highest BCUT2D eigenvalue weighted by molar-refractivity contribution is 7.73. The van der Waals surface area contributed by atoms with E-state index in [1.165, 1.54) is 11.3 Å². The molecule has 3 aromatic rings. The lowest BCUT2D eigenvalue weighted by Gasteiger charge is -2.05. The normalized spacial score (nSPS) is 11.1. The first kappa shape index (κ1) is 12.9. The molecule has 0 spiro atoms. The van der Waals surface area contributed by atoms with E-state index in [1.807, 2.05) is 0 Å². The van der Waals surface area contributed by atoms with Crippen LogP contribution in [-0.2, 0) is 0 Å². The zero-order valence-electron chi connectivity index (χ0n) is 9.31. The first-order valence-electron chi connectivity index (χ1n) is 5.26. The highest BCUT2D eigenvalue weighted by Crippen LogP contribution is 2.37. The van der Waals surface area contributed by atoms with Crippen LogP contribution in [0.3, 0.4) is 0 Å². The van der Waals surface area contributed by atoms with E-state index in [9.17, 15) is 5.11 Å². The first-order chi connectivity index (χ1) is 9.02. The summed E-state index contributed by atoms with van der Waals surface area (Å²) < 4.78 is 6.72. The van der Waals surface area contributed by atoms with Crippen LogP contribution in [-0.4, -0.2) is 5.11 Å². The maximum absolute atomic E-state index is 9.79. The SMILES string of the molecule is Oc1cc(-c2cc(Cl)cc(Cl)c2)c2oc(=S)sc2c1. The van der Waals surface area contributed by atoms with Gasteiger partial charge in [0.05, 0.1) is 4.70 Å². The van der Waals surface area contributed by atoms with Gasteiger partial charge in [-0.2, -0.15) is 0 Å². The topological polar surface area (TPSA) is 33.4 Å². The van der Waals surface area contributed by atoms with Gasteiger partial charge < -0.3 is 9.52 Å². The number of phenolic OH excluding ortho intramolecular Hbond substituents is 1. The van der Waals surface area contributed by atoms with Gasteiger partial charge in [0.15, 0.2) is 5.58 Å². The van der Waals surface area contributed by atoms with E-state index >= 15 is 0 Å². The van der Waals surface area contributed by atoms with Crippen molar-refractivity contribution < 1.29 is 9.52 Å². The van der Waals surface area contributed by atoms with Crippen molar-refractivity contribution in [3.8, 4) is 16.9 Å². The molecular formula is C13H6Cl2O2S2. The molecule has 6 heteroatoms. The molecule has 0 amide bonds. The average molecular weight is 329 g/mol. The Morgan fingerprint density at radius 3 is 2.42 bits per heavy atom. The molecule has 0 radical (unpaired) electrons. The fourth-order valence-corrected chi connectivity index (χ4v) is 3.49. The smallest absolute Gasteiger partial charge is 0.248 e. The lowest BCUT2D eigenvalue weighted by molar-refractivity contribution is 0.476. The van der Waals surface area contributed by atoms with Gasteiger partial charge in [0.1, 0.15) is 5.75 Å². The van der Waals surface area contributed by atoms with Crippen LogP contribution in [0.2, 0.25) is 10.0 Å². The summed E-state index contributed by atoms with van der Waals surface area (Å²) in [6, 6.07) is 8.40. The molecule has 19 heavy (non-hydrogen) atoms. The van der Waals surface area contributed by atoms with Crippen LogP contribution in [0.4, 0.5) is 0 Å². The van der Waals surface area contributed by atoms with Crippen LogP contribution in [0.5, 0.6) is 5.75 Å². The van der Waals surface area contributed by atoms with E-state index in [1.54, 1.807) is 30.3 Å². The van der Waals surface area contributed by atoms with E-state index in [0.717, 1.165) is 10.3 Å². The zero-order chi connectivity index (χ0) is 13.6. The Balaban J connectivity index is 2.37. The summed E-state index contributed by atoms with van der Waals surface area (Å²) in [5.74, 6) is 0.144. The number of hydrogen-bond acceptors (Lipinski definition) is 4. The molecule has 2 aromatic carbocycles. The third-order valence-corrected chi connectivity index (χ3v) is 4.13. The lowest BCUT2D eigenvalue weighted by atomic mass is 10.0. The van der Waals surface area contributed by atoms with Crippen molar-refractivity contribution in [1.29, 1.82) is 0 Å². The molecule has 0 fully saturated rings. The molecule has 0 atom stereocenters. The standard InChI is InChI=1S/C13H6Cl2O2S2/c14-7-1-6(2-8(15)3-7)10-4-9(16)5-11-12(10)17-13(18)19-11/h1-5,16H. The molecule has 0 saturated heterocycles. The van der Waals surface area contributed by atoms with Gasteiger partial charge in [-0.3, -0.25) is 0 Å². The second-order valence-electron chi connectivity index (χ2n) is 3.93. The predicted octanol–water partition coefficient (Wildman–Crippen LogP) is 5.90. The van der Waals surface area contributed by atoms with Crippen LogP contribution in [0, 0.1) is 4.02 Å². The Morgan fingerprint density at radius 1 is 1.05 bits per heavy atom. The summed E-state index contributed by atoms with van der Waals surface area (Å²) in [6.07, 6.45) is 0. The average Bonchev–Trinajstić information content (AvgIpc) is 2.66. The molecule has 2 nitrogen and oxygen atoms in total. The van der Waals surface area contributed by atoms with Crippen LogP contribution in [0.1, 0.15) is 0 Å². The number of benzene rings is 2. The Bertz CT molecular complexity index is 816. The Hall–Kier alpha value is -1.07. The Kier molecular flexibility index (Phi) is 3.27. The highest BCUT2D eigenvalue weighted by atomic mass is 35.5. The molecule has 0 aliphatic rings. The number of phenols is 1. The maximum Gasteiger partial charge on any atom is 0.248 e. The van der Waals surface area contributed by atoms with E-state index < -0.39 is 0 Å². The van der Waals surface area contributed by atoms with Gasteiger partial charge in [0.25, 0.3) is 0 Å². The molecule has 0 aliphatic carbocycles. The molecule has 1 N–H and O–H groups in total. The maximum atomic E-state index is 9.79. The third kappa shape index (κ3) is 2.49. The minimum Gasteiger partial charge on any atom is -0.508 e. The van der Waals surface area contributed by atoms with Crippen molar-refractivity contribution in [1.82, 2.24) is 0 Å². The molecule has 0 unspecified atom stereocenters. The monoisotopic (exact) mass is 328 g/mol. The second kappa shape index (κ2) is 4.80. The van der Waals surface area contributed by atoms with E-state index in [4.69, 9.17) is 39.8 Å². The van der Waals surface area contributed by atoms with Crippen molar-refractivity contribution in [2.45, 2.75) is 0 Å². The largest absolute Gasteiger partial charge is 0.508 e. The molecule has 0 aliphatic heterocycles. The van der Waals surface area contributed by atoms with Crippen LogP contribution in [0.25, 0.3) is 21.4 Å². The summed E-state index contributed by atoms with van der Waals surface area (Å²) in [5.41, 5.74) is 2.12. The Morgan fingerprint density at radius 2 is 1.74 bits per heavy atom. The van der Waals surface area contributed by atoms with E-state index in [-0.39, 0.29) is 5.75 Å². The summed E-state index contributed by atoms with van der Waals surface area (Å²) in [6.45, 7) is 0. The quantitative estimate of drug-likeness (QED) is 0.564. The van der Waals surface area contributed by atoms with Gasteiger partial charge in [-0.05, 0) is 42.0 Å². The van der Waals surface area contributed by atoms with Crippen molar-refractivity contribution in [2.24, 2.45) is 0 Å². The molecule has 0 saturated carbocycles. The number of rotatable bonds is 1.